The van der Waals surface area contributed by atoms with E-state index in [-0.39, 0.29) is 16.9 Å². The highest BCUT2D eigenvalue weighted by atomic mass is 32.1. The number of benzene rings is 4. The fourth-order valence-corrected chi connectivity index (χ4v) is 3.74. The van der Waals surface area contributed by atoms with Crippen molar-refractivity contribution in [1.82, 2.24) is 10.6 Å². The summed E-state index contributed by atoms with van der Waals surface area (Å²) in [4.78, 5) is 25.1. The number of fused-ring (bicyclic) bond motifs is 1. The number of para-hydroxylation sites is 1. The summed E-state index contributed by atoms with van der Waals surface area (Å²) in [6.45, 7) is 0.411. The highest BCUT2D eigenvalue weighted by Crippen LogP contribution is 2.19. The van der Waals surface area contributed by atoms with Crippen LogP contribution in [0.25, 0.3) is 16.8 Å². The lowest BCUT2D eigenvalue weighted by Gasteiger charge is -2.13. The van der Waals surface area contributed by atoms with E-state index in [0.29, 0.717) is 17.8 Å². The Morgan fingerprint density at radius 2 is 1.50 bits per heavy atom. The average Bonchev–Trinajstić information content (AvgIpc) is 2.87. The number of thiocarbonyl (C=S) groups is 1. The van der Waals surface area contributed by atoms with E-state index in [9.17, 15) is 9.59 Å². The fraction of sp³-hybridized carbons (Fsp3) is 0.0357. The molecule has 0 saturated carbocycles. The van der Waals surface area contributed by atoms with Crippen LogP contribution < -0.4 is 16.0 Å². The van der Waals surface area contributed by atoms with E-state index in [0.717, 1.165) is 21.9 Å². The Kier molecular flexibility index (Phi) is 7.42. The molecule has 0 spiro atoms. The van der Waals surface area contributed by atoms with Gasteiger partial charge in [0, 0.05) is 12.6 Å². The summed E-state index contributed by atoms with van der Waals surface area (Å²) in [7, 11) is 0. The Morgan fingerprint density at radius 3 is 2.35 bits per heavy atom. The van der Waals surface area contributed by atoms with E-state index >= 15 is 0 Å². The van der Waals surface area contributed by atoms with Crippen LogP contribution in [0, 0.1) is 0 Å². The number of hydrogen-bond donors (Lipinski definition) is 3. The first-order valence-electron chi connectivity index (χ1n) is 10.8. The molecule has 0 aliphatic rings. The van der Waals surface area contributed by atoms with Crippen molar-refractivity contribution in [2.24, 2.45) is 0 Å². The van der Waals surface area contributed by atoms with Crippen LogP contribution in [0.3, 0.4) is 0 Å². The highest BCUT2D eigenvalue weighted by molar-refractivity contribution is 7.80. The van der Waals surface area contributed by atoms with Crippen LogP contribution >= 0.6 is 12.2 Å². The molecule has 2 amide bonds. The molecule has 0 fully saturated rings. The molecule has 168 valence electrons. The second-order valence-corrected chi connectivity index (χ2v) is 7.97. The first-order valence-corrected chi connectivity index (χ1v) is 11.2. The van der Waals surface area contributed by atoms with Crippen LogP contribution in [0.1, 0.15) is 21.5 Å². The molecular formula is C28H23N3O2S. The predicted octanol–water partition coefficient (Wildman–Crippen LogP) is 5.30. The molecule has 4 aromatic carbocycles. The van der Waals surface area contributed by atoms with E-state index in [1.54, 1.807) is 30.3 Å². The van der Waals surface area contributed by atoms with Gasteiger partial charge in [-0.3, -0.25) is 14.9 Å². The van der Waals surface area contributed by atoms with Crippen molar-refractivity contribution in [2.45, 2.75) is 6.54 Å². The molecule has 3 N–H and O–H groups in total. The van der Waals surface area contributed by atoms with Gasteiger partial charge in [-0.25, -0.2) is 0 Å². The fourth-order valence-electron chi connectivity index (χ4n) is 3.53. The minimum absolute atomic E-state index is 0.107. The predicted molar refractivity (Wildman–Crippen MR) is 141 cm³/mol. The summed E-state index contributed by atoms with van der Waals surface area (Å²) in [5, 5.41) is 10.8. The molecule has 0 aromatic heterocycles. The standard InChI is InChI=1S/C28H23N3O2S/c32-26(18-17-22-13-8-12-21-11-4-5-14-23(21)22)31-28(34)30-25-16-7-6-15-24(25)27(33)29-19-20-9-2-1-3-10-20/h1-18H,19H2,(H,29,33)(H2,30,31,32,34). The van der Waals surface area contributed by atoms with Crippen molar-refractivity contribution < 1.29 is 9.59 Å². The van der Waals surface area contributed by atoms with E-state index in [1.165, 1.54) is 6.08 Å². The maximum Gasteiger partial charge on any atom is 0.253 e. The lowest BCUT2D eigenvalue weighted by atomic mass is 10.0. The second kappa shape index (κ2) is 11.0. The molecule has 0 unspecified atom stereocenters. The third kappa shape index (κ3) is 5.94. The van der Waals surface area contributed by atoms with Crippen molar-refractivity contribution >= 4 is 51.7 Å². The third-order valence-electron chi connectivity index (χ3n) is 5.19. The number of rotatable bonds is 6. The summed E-state index contributed by atoms with van der Waals surface area (Å²) < 4.78 is 0. The Hall–Kier alpha value is -4.29. The van der Waals surface area contributed by atoms with Gasteiger partial charge in [0.05, 0.1) is 11.3 Å². The van der Waals surface area contributed by atoms with Crippen molar-refractivity contribution in [1.29, 1.82) is 0 Å². The van der Waals surface area contributed by atoms with Crippen molar-refractivity contribution in [2.75, 3.05) is 5.32 Å². The number of amides is 2. The molecule has 0 radical (unpaired) electrons. The van der Waals surface area contributed by atoms with Gasteiger partial charge in [0.15, 0.2) is 5.11 Å². The number of anilines is 1. The molecule has 0 heterocycles. The number of hydrogen-bond acceptors (Lipinski definition) is 3. The largest absolute Gasteiger partial charge is 0.348 e. The molecule has 0 aliphatic carbocycles. The summed E-state index contributed by atoms with van der Waals surface area (Å²) in [6.07, 6.45) is 3.19. The maximum atomic E-state index is 12.7. The van der Waals surface area contributed by atoms with Crippen molar-refractivity contribution in [3.63, 3.8) is 0 Å². The quantitative estimate of drug-likeness (QED) is 0.267. The molecule has 4 aromatic rings. The topological polar surface area (TPSA) is 70.2 Å². The van der Waals surface area contributed by atoms with Crippen molar-refractivity contribution in [3.05, 3.63) is 120 Å². The van der Waals surface area contributed by atoms with Gasteiger partial charge >= 0.3 is 0 Å². The molecular weight excluding hydrogens is 442 g/mol. The molecule has 6 heteroatoms. The van der Waals surface area contributed by atoms with Crippen LogP contribution in [0.4, 0.5) is 5.69 Å². The van der Waals surface area contributed by atoms with Gasteiger partial charge < -0.3 is 10.6 Å². The minimum Gasteiger partial charge on any atom is -0.348 e. The molecule has 4 rings (SSSR count). The summed E-state index contributed by atoms with van der Waals surface area (Å²) in [5.41, 5.74) is 2.88. The Bertz CT molecular complexity index is 1360. The zero-order valence-electron chi connectivity index (χ0n) is 18.3. The normalized spacial score (nSPS) is 10.7. The molecule has 0 aliphatic heterocycles. The van der Waals surface area contributed by atoms with Gasteiger partial charge in [0.1, 0.15) is 0 Å². The second-order valence-electron chi connectivity index (χ2n) is 7.56. The maximum absolute atomic E-state index is 12.7. The molecule has 0 saturated heterocycles. The minimum atomic E-state index is -0.364. The van der Waals surface area contributed by atoms with E-state index in [4.69, 9.17) is 12.2 Å². The first-order chi connectivity index (χ1) is 16.6. The van der Waals surface area contributed by atoms with Crippen LogP contribution in [0.2, 0.25) is 0 Å². The molecule has 34 heavy (non-hydrogen) atoms. The highest BCUT2D eigenvalue weighted by Gasteiger charge is 2.12. The Morgan fingerprint density at radius 1 is 0.794 bits per heavy atom. The summed E-state index contributed by atoms with van der Waals surface area (Å²) in [5.74, 6) is -0.603. The third-order valence-corrected chi connectivity index (χ3v) is 5.39. The summed E-state index contributed by atoms with van der Waals surface area (Å²) in [6, 6.07) is 30.6. The molecule has 0 bridgehead atoms. The van der Waals surface area contributed by atoms with Gasteiger partial charge in [-0.1, -0.05) is 84.9 Å². The zero-order valence-corrected chi connectivity index (χ0v) is 19.1. The van der Waals surface area contributed by atoms with Gasteiger partial charge in [0.25, 0.3) is 5.91 Å². The smallest absolute Gasteiger partial charge is 0.253 e. The number of carbonyl (C=O) groups excluding carboxylic acids is 2. The van der Waals surface area contributed by atoms with Gasteiger partial charge in [-0.05, 0) is 52.3 Å². The van der Waals surface area contributed by atoms with E-state index in [1.807, 2.05) is 72.8 Å². The monoisotopic (exact) mass is 465 g/mol. The summed E-state index contributed by atoms with van der Waals surface area (Å²) >= 11 is 5.30. The van der Waals surface area contributed by atoms with Crippen LogP contribution in [0.5, 0.6) is 0 Å². The Balaban J connectivity index is 1.37. The van der Waals surface area contributed by atoms with Gasteiger partial charge in [-0.15, -0.1) is 0 Å². The first kappa shape index (κ1) is 22.9. The molecule has 5 nitrogen and oxygen atoms in total. The van der Waals surface area contributed by atoms with E-state index < -0.39 is 0 Å². The lowest BCUT2D eigenvalue weighted by Crippen LogP contribution is -2.33. The van der Waals surface area contributed by atoms with Crippen molar-refractivity contribution in [3.8, 4) is 0 Å². The SMILES string of the molecule is O=C(C=Cc1cccc2ccccc12)NC(=S)Nc1ccccc1C(=O)NCc1ccccc1. The Labute approximate surface area is 203 Å². The molecule has 0 atom stereocenters. The van der Waals surface area contributed by atoms with Crippen LogP contribution in [0.15, 0.2) is 103 Å². The van der Waals surface area contributed by atoms with E-state index in [2.05, 4.69) is 16.0 Å². The average molecular weight is 466 g/mol. The van der Waals surface area contributed by atoms with Gasteiger partial charge in [0.2, 0.25) is 5.91 Å². The van der Waals surface area contributed by atoms with Gasteiger partial charge in [-0.2, -0.15) is 0 Å². The lowest BCUT2D eigenvalue weighted by molar-refractivity contribution is -0.115. The van der Waals surface area contributed by atoms with Crippen LogP contribution in [-0.4, -0.2) is 16.9 Å². The number of carbonyl (C=O) groups is 2. The number of nitrogens with one attached hydrogen (secondary N) is 3. The zero-order chi connectivity index (χ0) is 23.8. The van der Waals surface area contributed by atoms with Crippen LogP contribution in [-0.2, 0) is 11.3 Å².